The van der Waals surface area contributed by atoms with Crippen molar-refractivity contribution in [3.05, 3.63) is 74.4 Å². The summed E-state index contributed by atoms with van der Waals surface area (Å²) < 4.78 is 6.22. The SMILES string of the molecule is COc1cccc(-c2nc3c(=N)n(-c4ccc(C)cc4)c(=O)[nH]c3c(=O)[nH]2)c1O. The molecule has 9 heteroatoms. The molecule has 0 saturated heterocycles. The van der Waals surface area contributed by atoms with Gasteiger partial charge in [0.25, 0.3) is 5.56 Å². The van der Waals surface area contributed by atoms with Gasteiger partial charge in [-0.2, -0.15) is 0 Å². The topological polar surface area (TPSA) is 137 Å². The lowest BCUT2D eigenvalue weighted by Gasteiger charge is -2.10. The van der Waals surface area contributed by atoms with E-state index in [0.29, 0.717) is 5.69 Å². The summed E-state index contributed by atoms with van der Waals surface area (Å²) in [4.78, 5) is 34.5. The number of ether oxygens (including phenoxy) is 1. The molecule has 0 aliphatic heterocycles. The molecule has 0 aliphatic rings. The first-order valence-electron chi connectivity index (χ1n) is 8.68. The van der Waals surface area contributed by atoms with Gasteiger partial charge in [-0.1, -0.05) is 23.8 Å². The van der Waals surface area contributed by atoms with Crippen molar-refractivity contribution in [2.45, 2.75) is 6.92 Å². The maximum Gasteiger partial charge on any atom is 0.332 e. The Morgan fingerprint density at radius 1 is 1.10 bits per heavy atom. The number of phenols is 1. The molecule has 29 heavy (non-hydrogen) atoms. The van der Waals surface area contributed by atoms with Gasteiger partial charge in [0.05, 0.1) is 18.4 Å². The number of rotatable bonds is 3. The number of aromatic amines is 2. The van der Waals surface area contributed by atoms with Crippen LogP contribution in [0, 0.1) is 12.3 Å². The van der Waals surface area contributed by atoms with Crippen molar-refractivity contribution in [3.8, 4) is 28.6 Å². The molecule has 2 aromatic heterocycles. The second kappa shape index (κ2) is 6.79. The van der Waals surface area contributed by atoms with Crippen LogP contribution < -0.4 is 21.5 Å². The third-order valence-electron chi connectivity index (χ3n) is 4.57. The Kier molecular flexibility index (Phi) is 4.27. The van der Waals surface area contributed by atoms with Crippen LogP contribution in [-0.2, 0) is 0 Å². The van der Waals surface area contributed by atoms with E-state index >= 15 is 0 Å². The molecule has 0 spiro atoms. The fourth-order valence-electron chi connectivity index (χ4n) is 3.08. The van der Waals surface area contributed by atoms with Crippen molar-refractivity contribution < 1.29 is 9.84 Å². The van der Waals surface area contributed by atoms with Crippen molar-refractivity contribution >= 4 is 11.0 Å². The number of methoxy groups -OCH3 is 1. The standard InChI is InChI=1S/C20H17N5O4/c1-10-6-8-11(9-7-10)25-17(21)14-15(23-20(25)28)19(27)24-18(22-14)12-4-3-5-13(29-2)16(12)26/h3-9,21,26H,1-2H3,(H,23,28)(H,22,24,27). The van der Waals surface area contributed by atoms with Crippen molar-refractivity contribution in [3.63, 3.8) is 0 Å². The number of phenolic OH excluding ortho intramolecular Hbond substituents is 1. The molecule has 2 heterocycles. The highest BCUT2D eigenvalue weighted by Crippen LogP contribution is 2.34. The van der Waals surface area contributed by atoms with Crippen LogP contribution in [-0.4, -0.2) is 31.7 Å². The van der Waals surface area contributed by atoms with Gasteiger partial charge in [0, 0.05) is 0 Å². The van der Waals surface area contributed by atoms with Gasteiger partial charge >= 0.3 is 5.69 Å². The Hall–Kier alpha value is -4.14. The number of H-pyrrole nitrogens is 2. The van der Waals surface area contributed by atoms with Crippen LogP contribution in [0.2, 0.25) is 0 Å². The summed E-state index contributed by atoms with van der Waals surface area (Å²) >= 11 is 0. The van der Waals surface area contributed by atoms with Crippen molar-refractivity contribution in [1.29, 1.82) is 5.41 Å². The Bertz CT molecular complexity index is 1410. The van der Waals surface area contributed by atoms with E-state index in [0.717, 1.165) is 10.1 Å². The summed E-state index contributed by atoms with van der Waals surface area (Å²) in [6.07, 6.45) is 0. The lowest BCUT2D eigenvalue weighted by Crippen LogP contribution is -2.36. The van der Waals surface area contributed by atoms with E-state index in [1.807, 2.05) is 19.1 Å². The smallest absolute Gasteiger partial charge is 0.332 e. The molecular formula is C20H17N5O4. The van der Waals surface area contributed by atoms with Crippen LogP contribution in [0.5, 0.6) is 11.5 Å². The lowest BCUT2D eigenvalue weighted by atomic mass is 10.1. The van der Waals surface area contributed by atoms with Crippen LogP contribution >= 0.6 is 0 Å². The van der Waals surface area contributed by atoms with Crippen LogP contribution in [0.25, 0.3) is 28.1 Å². The fraction of sp³-hybridized carbons (Fsp3) is 0.100. The summed E-state index contributed by atoms with van der Waals surface area (Å²) in [5, 5.41) is 18.9. The summed E-state index contributed by atoms with van der Waals surface area (Å²) in [7, 11) is 1.41. The van der Waals surface area contributed by atoms with Gasteiger partial charge in [0.1, 0.15) is 16.9 Å². The number of hydrogen-bond acceptors (Lipinski definition) is 6. The molecule has 4 rings (SSSR count). The molecule has 0 unspecified atom stereocenters. The minimum absolute atomic E-state index is 0.00820. The van der Waals surface area contributed by atoms with Gasteiger partial charge in [0.2, 0.25) is 0 Å². The largest absolute Gasteiger partial charge is 0.504 e. The van der Waals surface area contributed by atoms with Crippen molar-refractivity contribution in [2.75, 3.05) is 7.11 Å². The molecule has 0 atom stereocenters. The maximum atomic E-state index is 12.6. The van der Waals surface area contributed by atoms with E-state index in [1.165, 1.54) is 7.11 Å². The summed E-state index contributed by atoms with van der Waals surface area (Å²) in [5.74, 6) is 0.0716. The lowest BCUT2D eigenvalue weighted by molar-refractivity contribution is 0.374. The fourth-order valence-corrected chi connectivity index (χ4v) is 3.08. The third-order valence-corrected chi connectivity index (χ3v) is 4.57. The summed E-state index contributed by atoms with van der Waals surface area (Å²) in [5.41, 5.74) is 0.0726. The first-order valence-corrected chi connectivity index (χ1v) is 8.68. The third kappa shape index (κ3) is 2.98. The zero-order valence-corrected chi connectivity index (χ0v) is 15.6. The molecule has 0 aliphatic carbocycles. The number of hydrogen-bond donors (Lipinski definition) is 4. The van der Waals surface area contributed by atoms with Gasteiger partial charge in [-0.25, -0.2) is 14.3 Å². The van der Waals surface area contributed by atoms with Crippen molar-refractivity contribution in [1.82, 2.24) is 19.5 Å². The Balaban J connectivity index is 2.03. The molecule has 4 aromatic rings. The van der Waals surface area contributed by atoms with Crippen LogP contribution in [0.4, 0.5) is 0 Å². The molecule has 9 nitrogen and oxygen atoms in total. The van der Waals surface area contributed by atoms with Gasteiger partial charge in [-0.15, -0.1) is 0 Å². The van der Waals surface area contributed by atoms with E-state index in [4.69, 9.17) is 10.1 Å². The Labute approximate surface area is 163 Å². The first-order chi connectivity index (χ1) is 13.9. The highest BCUT2D eigenvalue weighted by molar-refractivity contribution is 5.76. The molecular weight excluding hydrogens is 374 g/mol. The molecule has 0 fully saturated rings. The van der Waals surface area contributed by atoms with Crippen LogP contribution in [0.1, 0.15) is 5.56 Å². The second-order valence-electron chi connectivity index (χ2n) is 6.44. The number of nitrogens with one attached hydrogen (secondary N) is 3. The average Bonchev–Trinajstić information content (AvgIpc) is 2.70. The number of aromatic hydroxyl groups is 1. The predicted octanol–water partition coefficient (Wildman–Crippen LogP) is 1.57. The van der Waals surface area contributed by atoms with E-state index in [2.05, 4.69) is 15.0 Å². The predicted molar refractivity (Wildman–Crippen MR) is 107 cm³/mol. The molecule has 0 radical (unpaired) electrons. The number of fused-ring (bicyclic) bond motifs is 1. The van der Waals surface area contributed by atoms with E-state index in [-0.39, 0.29) is 39.4 Å². The van der Waals surface area contributed by atoms with Crippen molar-refractivity contribution in [2.24, 2.45) is 0 Å². The molecule has 0 saturated carbocycles. The minimum Gasteiger partial charge on any atom is -0.504 e. The highest BCUT2D eigenvalue weighted by Gasteiger charge is 2.16. The van der Waals surface area contributed by atoms with E-state index in [1.54, 1.807) is 30.3 Å². The molecule has 0 amide bonds. The van der Waals surface area contributed by atoms with Gasteiger partial charge in [-0.3, -0.25) is 10.2 Å². The van der Waals surface area contributed by atoms with Crippen LogP contribution in [0.3, 0.4) is 0 Å². The van der Waals surface area contributed by atoms with Crippen LogP contribution in [0.15, 0.2) is 52.1 Å². The zero-order chi connectivity index (χ0) is 20.7. The number of benzene rings is 2. The molecule has 4 N–H and O–H groups in total. The number of aromatic nitrogens is 4. The normalized spacial score (nSPS) is 11.0. The molecule has 146 valence electrons. The highest BCUT2D eigenvalue weighted by atomic mass is 16.5. The quantitative estimate of drug-likeness (QED) is 0.420. The Morgan fingerprint density at radius 3 is 2.52 bits per heavy atom. The molecule has 2 aromatic carbocycles. The average molecular weight is 391 g/mol. The summed E-state index contributed by atoms with van der Waals surface area (Å²) in [6, 6.07) is 11.8. The zero-order valence-electron chi connectivity index (χ0n) is 15.6. The number of para-hydroxylation sites is 1. The Morgan fingerprint density at radius 2 is 1.83 bits per heavy atom. The maximum absolute atomic E-state index is 12.6. The molecule has 0 bridgehead atoms. The summed E-state index contributed by atoms with van der Waals surface area (Å²) in [6.45, 7) is 1.91. The number of aryl methyl sites for hydroxylation is 1. The number of nitrogens with zero attached hydrogens (tertiary/aromatic N) is 2. The second-order valence-corrected chi connectivity index (χ2v) is 6.44. The van der Waals surface area contributed by atoms with Gasteiger partial charge < -0.3 is 19.8 Å². The first kappa shape index (κ1) is 18.2. The van der Waals surface area contributed by atoms with Gasteiger partial charge in [-0.05, 0) is 31.2 Å². The van der Waals surface area contributed by atoms with E-state index in [9.17, 15) is 14.7 Å². The minimum atomic E-state index is -0.631. The van der Waals surface area contributed by atoms with E-state index < -0.39 is 11.2 Å². The van der Waals surface area contributed by atoms with Gasteiger partial charge in [0.15, 0.2) is 17.0 Å². The monoisotopic (exact) mass is 391 g/mol.